The van der Waals surface area contributed by atoms with Gasteiger partial charge in [-0.15, -0.1) is 23.4 Å². The van der Waals surface area contributed by atoms with Crippen molar-refractivity contribution in [3.63, 3.8) is 0 Å². The molecule has 9 heteroatoms. The summed E-state index contributed by atoms with van der Waals surface area (Å²) in [5, 5.41) is 0. The molecule has 7 nitrogen and oxygen atoms in total. The van der Waals surface area contributed by atoms with Gasteiger partial charge in [0.05, 0.1) is 17.2 Å². The van der Waals surface area contributed by atoms with E-state index in [9.17, 15) is 9.59 Å². The minimum Gasteiger partial charge on any atom is -0.467 e. The molecular weight excluding hydrogens is 440 g/mol. The Kier molecular flexibility index (Phi) is 5.62. The molecule has 4 heterocycles. The lowest BCUT2D eigenvalue weighted by Gasteiger charge is -2.43. The molecule has 0 saturated carbocycles. The average molecular weight is 463 g/mol. The zero-order valence-electron chi connectivity index (χ0n) is 16.9. The highest BCUT2D eigenvalue weighted by Gasteiger charge is 2.48. The molecule has 1 aromatic heterocycles. The molecule has 31 heavy (non-hydrogen) atoms. The molecule has 2 amide bonds. The third kappa shape index (κ3) is 3.81. The Morgan fingerprint density at radius 1 is 1.19 bits per heavy atom. The van der Waals surface area contributed by atoms with Crippen LogP contribution in [0.1, 0.15) is 36.0 Å². The van der Waals surface area contributed by atoms with Gasteiger partial charge < -0.3 is 23.7 Å². The maximum atomic E-state index is 12.7. The predicted molar refractivity (Wildman–Crippen MR) is 116 cm³/mol. The van der Waals surface area contributed by atoms with Gasteiger partial charge in [-0.05, 0) is 31.0 Å². The molecule has 5 rings (SSSR count). The van der Waals surface area contributed by atoms with Gasteiger partial charge in [0.25, 0.3) is 0 Å². The van der Waals surface area contributed by atoms with Crippen LogP contribution in [0.3, 0.4) is 0 Å². The topological polar surface area (TPSA) is 72.2 Å². The number of halogens is 1. The first kappa shape index (κ1) is 20.7. The maximum absolute atomic E-state index is 12.7. The second kappa shape index (κ2) is 8.41. The molecule has 2 saturated heterocycles. The summed E-state index contributed by atoms with van der Waals surface area (Å²) < 4.78 is 17.5. The van der Waals surface area contributed by atoms with E-state index in [0.717, 1.165) is 29.9 Å². The van der Waals surface area contributed by atoms with Crippen LogP contribution in [0.15, 0.2) is 40.8 Å². The molecule has 3 aliphatic rings. The molecule has 1 spiro atoms. The van der Waals surface area contributed by atoms with E-state index in [-0.39, 0.29) is 35.5 Å². The smallest absolute Gasteiger partial charge is 0.237 e. The third-order valence-corrected chi connectivity index (χ3v) is 7.96. The number of para-hydroxylation sites is 1. The van der Waals surface area contributed by atoms with Crippen LogP contribution >= 0.6 is 23.4 Å². The fourth-order valence-corrected chi connectivity index (χ4v) is 6.02. The number of carbonyl (C=O) groups excluding carboxylic acids is 2. The van der Waals surface area contributed by atoms with Crippen molar-refractivity contribution in [1.29, 1.82) is 0 Å². The van der Waals surface area contributed by atoms with E-state index in [1.807, 2.05) is 41.3 Å². The summed E-state index contributed by atoms with van der Waals surface area (Å²) in [6.45, 7) is 1.79. The van der Waals surface area contributed by atoms with Crippen molar-refractivity contribution in [1.82, 2.24) is 9.80 Å². The fraction of sp³-hybridized carbons (Fsp3) is 0.455. The Morgan fingerprint density at radius 3 is 2.81 bits per heavy atom. The molecule has 0 radical (unpaired) electrons. The average Bonchev–Trinajstić information content (AvgIpc) is 3.40. The van der Waals surface area contributed by atoms with Crippen LogP contribution in [0.4, 0.5) is 0 Å². The normalized spacial score (nSPS) is 22.5. The quantitative estimate of drug-likeness (QED) is 0.649. The molecule has 164 valence electrons. The van der Waals surface area contributed by atoms with Crippen molar-refractivity contribution in [3.8, 4) is 5.75 Å². The lowest BCUT2D eigenvalue weighted by molar-refractivity contribution is -0.134. The Labute approximate surface area is 189 Å². The first-order valence-corrected chi connectivity index (χ1v) is 11.8. The van der Waals surface area contributed by atoms with Gasteiger partial charge in [0.1, 0.15) is 29.3 Å². The number of rotatable bonds is 4. The van der Waals surface area contributed by atoms with Crippen LogP contribution in [0.2, 0.25) is 0 Å². The summed E-state index contributed by atoms with van der Waals surface area (Å²) in [6, 6.07) is 11.6. The first-order valence-electron chi connectivity index (χ1n) is 10.3. The Morgan fingerprint density at radius 2 is 2.00 bits per heavy atom. The van der Waals surface area contributed by atoms with Crippen LogP contribution in [-0.4, -0.2) is 58.0 Å². The molecule has 1 atom stereocenters. The van der Waals surface area contributed by atoms with Crippen LogP contribution in [-0.2, 0) is 20.9 Å². The number of carbonyl (C=O) groups is 2. The van der Waals surface area contributed by atoms with Crippen LogP contribution in [0.25, 0.3) is 0 Å². The SMILES string of the molecule is O=C(CCl)N1CCC2(CC1)SCC(=O)N2Cc1ccc(C2OCOc3ccccc32)o1. The van der Waals surface area contributed by atoms with Crippen molar-refractivity contribution >= 4 is 35.2 Å². The molecule has 2 aromatic rings. The summed E-state index contributed by atoms with van der Waals surface area (Å²) in [5.74, 6) is 2.71. The van der Waals surface area contributed by atoms with E-state index in [1.165, 1.54) is 0 Å². The molecule has 2 fully saturated rings. The van der Waals surface area contributed by atoms with Crippen molar-refractivity contribution in [3.05, 3.63) is 53.5 Å². The summed E-state index contributed by atoms with van der Waals surface area (Å²) in [5.41, 5.74) is 0.926. The molecule has 0 N–H and O–H groups in total. The highest BCUT2D eigenvalue weighted by Crippen LogP contribution is 2.45. The number of alkyl halides is 1. The number of furan rings is 1. The van der Waals surface area contributed by atoms with E-state index in [0.29, 0.717) is 31.1 Å². The van der Waals surface area contributed by atoms with Gasteiger partial charge in [-0.1, -0.05) is 18.2 Å². The van der Waals surface area contributed by atoms with Gasteiger partial charge in [0.2, 0.25) is 11.8 Å². The predicted octanol–water partition coefficient (Wildman–Crippen LogP) is 3.37. The number of hydrogen-bond donors (Lipinski definition) is 0. The molecule has 1 unspecified atom stereocenters. The lowest BCUT2D eigenvalue weighted by atomic mass is 10.0. The highest BCUT2D eigenvalue weighted by molar-refractivity contribution is 8.01. The van der Waals surface area contributed by atoms with Crippen LogP contribution < -0.4 is 4.74 Å². The van der Waals surface area contributed by atoms with E-state index < -0.39 is 0 Å². The van der Waals surface area contributed by atoms with Gasteiger partial charge >= 0.3 is 0 Å². The van der Waals surface area contributed by atoms with Crippen molar-refractivity contribution in [2.45, 2.75) is 30.4 Å². The van der Waals surface area contributed by atoms with E-state index >= 15 is 0 Å². The largest absolute Gasteiger partial charge is 0.467 e. The van der Waals surface area contributed by atoms with Gasteiger partial charge in [-0.2, -0.15) is 0 Å². The Hall–Kier alpha value is -2.16. The molecular formula is C22H23ClN2O5S. The molecule has 1 aromatic carbocycles. The Balaban J connectivity index is 1.32. The van der Waals surface area contributed by atoms with E-state index in [1.54, 1.807) is 16.7 Å². The second-order valence-corrected chi connectivity index (χ2v) is 9.48. The van der Waals surface area contributed by atoms with Crippen LogP contribution in [0, 0.1) is 0 Å². The number of benzene rings is 1. The van der Waals surface area contributed by atoms with Crippen LogP contribution in [0.5, 0.6) is 5.75 Å². The molecule has 0 bridgehead atoms. The Bertz CT molecular complexity index is 988. The van der Waals surface area contributed by atoms with Crippen molar-refractivity contribution in [2.24, 2.45) is 0 Å². The second-order valence-electron chi connectivity index (χ2n) is 7.88. The number of ether oxygens (including phenoxy) is 2. The molecule has 0 aliphatic carbocycles. The van der Waals surface area contributed by atoms with E-state index in [2.05, 4.69) is 0 Å². The minimum absolute atomic E-state index is 0.00460. The first-order chi connectivity index (χ1) is 15.1. The number of nitrogens with zero attached hydrogens (tertiary/aromatic N) is 2. The number of fused-ring (bicyclic) bond motifs is 1. The fourth-order valence-electron chi connectivity index (χ4n) is 4.51. The molecule has 3 aliphatic heterocycles. The zero-order valence-corrected chi connectivity index (χ0v) is 18.5. The standard InChI is InChI=1S/C22H23ClN2O5S/c23-11-19(26)24-9-7-22(8-10-24)25(20(27)13-31-22)12-15-5-6-18(30-15)21-16-3-1-2-4-17(16)28-14-29-21/h1-6,21H,7-14H2. The monoisotopic (exact) mass is 462 g/mol. The van der Waals surface area contributed by atoms with Gasteiger partial charge in [-0.3, -0.25) is 9.59 Å². The van der Waals surface area contributed by atoms with Gasteiger partial charge in [0, 0.05) is 18.7 Å². The lowest BCUT2D eigenvalue weighted by Crippen LogP contribution is -2.52. The summed E-state index contributed by atoms with van der Waals surface area (Å²) >= 11 is 7.37. The zero-order chi connectivity index (χ0) is 21.4. The number of hydrogen-bond acceptors (Lipinski definition) is 6. The third-order valence-electron chi connectivity index (χ3n) is 6.17. The van der Waals surface area contributed by atoms with Crippen molar-refractivity contribution < 1.29 is 23.5 Å². The van der Waals surface area contributed by atoms with Gasteiger partial charge in [0.15, 0.2) is 6.79 Å². The number of piperidine rings is 1. The van der Waals surface area contributed by atoms with Gasteiger partial charge in [-0.25, -0.2) is 0 Å². The highest BCUT2D eigenvalue weighted by atomic mass is 35.5. The summed E-state index contributed by atoms with van der Waals surface area (Å²) in [4.78, 5) is 28.0. The number of likely N-dealkylation sites (tertiary alicyclic amines) is 1. The maximum Gasteiger partial charge on any atom is 0.237 e. The number of amides is 2. The minimum atomic E-state index is -0.332. The number of thioether (sulfide) groups is 1. The van der Waals surface area contributed by atoms with Crippen molar-refractivity contribution in [2.75, 3.05) is 31.5 Å². The summed E-state index contributed by atoms with van der Waals surface area (Å²) in [6.07, 6.45) is 1.13. The summed E-state index contributed by atoms with van der Waals surface area (Å²) in [7, 11) is 0. The van der Waals surface area contributed by atoms with E-state index in [4.69, 9.17) is 25.5 Å².